The number of pyridine rings is 1. The van der Waals surface area contributed by atoms with Crippen LogP contribution in [0.3, 0.4) is 0 Å². The first-order valence-electron chi connectivity index (χ1n) is 6.70. The topological polar surface area (TPSA) is 79.4 Å². The van der Waals surface area contributed by atoms with E-state index < -0.39 is 0 Å². The summed E-state index contributed by atoms with van der Waals surface area (Å²) >= 11 is 0. The van der Waals surface area contributed by atoms with Crippen molar-refractivity contribution < 1.29 is 0 Å². The molecular formula is C15H16N6. The summed E-state index contributed by atoms with van der Waals surface area (Å²) in [6, 6.07) is 4.02. The first-order valence-corrected chi connectivity index (χ1v) is 6.70. The molecule has 2 N–H and O–H groups in total. The molecule has 6 nitrogen and oxygen atoms in total. The molecule has 0 unspecified atom stereocenters. The molecule has 0 saturated carbocycles. The van der Waals surface area contributed by atoms with Gasteiger partial charge >= 0.3 is 0 Å². The zero-order chi connectivity index (χ0) is 14.7. The first-order chi connectivity index (χ1) is 10.2. The van der Waals surface area contributed by atoms with Gasteiger partial charge in [0.2, 0.25) is 0 Å². The van der Waals surface area contributed by atoms with Crippen molar-refractivity contribution in [3.05, 3.63) is 54.0 Å². The van der Waals surface area contributed by atoms with E-state index in [0.29, 0.717) is 6.54 Å². The van der Waals surface area contributed by atoms with Gasteiger partial charge in [0.25, 0.3) is 0 Å². The summed E-state index contributed by atoms with van der Waals surface area (Å²) in [6.07, 6.45) is 7.26. The van der Waals surface area contributed by atoms with Crippen LogP contribution < -0.4 is 5.32 Å². The predicted molar refractivity (Wildman–Crippen MR) is 80.7 cm³/mol. The van der Waals surface area contributed by atoms with Crippen LogP contribution in [0.4, 0.5) is 5.69 Å². The average molecular weight is 280 g/mol. The van der Waals surface area contributed by atoms with Gasteiger partial charge in [-0.25, -0.2) is 9.97 Å². The van der Waals surface area contributed by atoms with Gasteiger partial charge in [0.15, 0.2) is 0 Å². The smallest absolute Gasteiger partial charge is 0.125 e. The maximum atomic E-state index is 4.52. The Kier molecular flexibility index (Phi) is 3.59. The van der Waals surface area contributed by atoms with E-state index in [2.05, 4.69) is 30.5 Å². The monoisotopic (exact) mass is 280 g/mol. The molecule has 0 atom stereocenters. The quantitative estimate of drug-likeness (QED) is 0.767. The van der Waals surface area contributed by atoms with Crippen molar-refractivity contribution in [1.82, 2.24) is 25.1 Å². The molecule has 0 bridgehead atoms. The van der Waals surface area contributed by atoms with Crippen LogP contribution in [0.15, 0.2) is 36.9 Å². The fraction of sp³-hybridized carbons (Fsp3) is 0.200. The first kappa shape index (κ1) is 13.2. The normalized spacial score (nSPS) is 10.6. The van der Waals surface area contributed by atoms with Crippen LogP contribution in [0.5, 0.6) is 0 Å². The molecule has 3 heterocycles. The van der Waals surface area contributed by atoms with Gasteiger partial charge in [-0.1, -0.05) is 0 Å². The van der Waals surface area contributed by atoms with Gasteiger partial charge in [0.1, 0.15) is 5.82 Å². The van der Waals surface area contributed by atoms with Gasteiger partial charge in [-0.15, -0.1) is 0 Å². The Morgan fingerprint density at radius 1 is 1.10 bits per heavy atom. The van der Waals surface area contributed by atoms with Gasteiger partial charge in [-0.3, -0.25) is 10.1 Å². The number of nitrogens with one attached hydrogen (secondary N) is 2. The Bertz CT molecular complexity index is 718. The van der Waals surface area contributed by atoms with Crippen LogP contribution in [-0.2, 0) is 6.54 Å². The third-order valence-electron chi connectivity index (χ3n) is 3.08. The Morgan fingerprint density at radius 3 is 2.62 bits per heavy atom. The van der Waals surface area contributed by atoms with Crippen LogP contribution in [0.1, 0.15) is 17.1 Å². The lowest BCUT2D eigenvalue weighted by Crippen LogP contribution is -2.02. The van der Waals surface area contributed by atoms with Crippen molar-refractivity contribution in [3.8, 4) is 11.3 Å². The van der Waals surface area contributed by atoms with E-state index in [4.69, 9.17) is 0 Å². The molecule has 0 aromatic carbocycles. The van der Waals surface area contributed by atoms with Crippen LogP contribution in [0.25, 0.3) is 11.3 Å². The molecule has 0 radical (unpaired) electrons. The molecule has 0 spiro atoms. The predicted octanol–water partition coefficient (Wildman–Crippen LogP) is 2.49. The van der Waals surface area contributed by atoms with E-state index >= 15 is 0 Å². The third-order valence-corrected chi connectivity index (χ3v) is 3.08. The second-order valence-electron chi connectivity index (χ2n) is 4.86. The van der Waals surface area contributed by atoms with Crippen molar-refractivity contribution in [2.45, 2.75) is 20.4 Å². The summed E-state index contributed by atoms with van der Waals surface area (Å²) in [7, 11) is 0. The van der Waals surface area contributed by atoms with E-state index in [9.17, 15) is 0 Å². The Labute approximate surface area is 122 Å². The number of aryl methyl sites for hydroxylation is 2. The molecular weight excluding hydrogens is 264 g/mol. The fourth-order valence-corrected chi connectivity index (χ4v) is 2.02. The zero-order valence-electron chi connectivity index (χ0n) is 12.0. The maximum Gasteiger partial charge on any atom is 0.125 e. The minimum absolute atomic E-state index is 0.675. The van der Waals surface area contributed by atoms with E-state index in [0.717, 1.165) is 34.0 Å². The largest absolute Gasteiger partial charge is 0.381 e. The molecule has 21 heavy (non-hydrogen) atoms. The summed E-state index contributed by atoms with van der Waals surface area (Å²) in [5, 5.41) is 10.1. The highest BCUT2D eigenvalue weighted by atomic mass is 15.1. The SMILES string of the molecule is Cc1cc(NCc2cnc(C)nc2)cc(-c2cn[nH]c2)n1. The summed E-state index contributed by atoms with van der Waals surface area (Å²) in [5.74, 6) is 0.778. The van der Waals surface area contributed by atoms with E-state index in [1.165, 1.54) is 0 Å². The molecule has 0 amide bonds. The fourth-order valence-electron chi connectivity index (χ4n) is 2.02. The van der Waals surface area contributed by atoms with Crippen molar-refractivity contribution in [2.24, 2.45) is 0 Å². The standard InChI is InChI=1S/C15H16N6/c1-10-3-14(4-15(21-10)13-8-19-20-9-13)18-7-12-5-16-11(2)17-6-12/h3-6,8-9H,7H2,1-2H3,(H,18,21)(H,19,20). The zero-order valence-corrected chi connectivity index (χ0v) is 12.0. The van der Waals surface area contributed by atoms with Gasteiger partial charge in [0.05, 0.1) is 11.9 Å². The highest BCUT2D eigenvalue weighted by Crippen LogP contribution is 2.20. The molecule has 0 aliphatic rings. The van der Waals surface area contributed by atoms with E-state index in [-0.39, 0.29) is 0 Å². The summed E-state index contributed by atoms with van der Waals surface area (Å²) in [5.41, 5.74) is 4.88. The molecule has 0 aliphatic carbocycles. The van der Waals surface area contributed by atoms with Crippen molar-refractivity contribution in [2.75, 3.05) is 5.32 Å². The van der Waals surface area contributed by atoms with Crippen LogP contribution >= 0.6 is 0 Å². The van der Waals surface area contributed by atoms with Gasteiger partial charge in [-0.05, 0) is 26.0 Å². The second-order valence-corrected chi connectivity index (χ2v) is 4.86. The van der Waals surface area contributed by atoms with Gasteiger partial charge < -0.3 is 5.32 Å². The highest BCUT2D eigenvalue weighted by Gasteiger charge is 2.04. The number of hydrogen-bond donors (Lipinski definition) is 2. The maximum absolute atomic E-state index is 4.52. The number of rotatable bonds is 4. The number of aromatic amines is 1. The summed E-state index contributed by atoms with van der Waals surface area (Å²) in [6.45, 7) is 4.53. The van der Waals surface area contributed by atoms with Crippen LogP contribution in [-0.4, -0.2) is 25.1 Å². The number of nitrogens with zero attached hydrogens (tertiary/aromatic N) is 4. The highest BCUT2D eigenvalue weighted by molar-refractivity contribution is 5.63. The molecule has 0 aliphatic heterocycles. The minimum atomic E-state index is 0.675. The Balaban J connectivity index is 1.78. The molecule has 0 fully saturated rings. The van der Waals surface area contributed by atoms with Crippen molar-refractivity contribution in [3.63, 3.8) is 0 Å². The molecule has 106 valence electrons. The lowest BCUT2D eigenvalue weighted by molar-refractivity contribution is 0.993. The van der Waals surface area contributed by atoms with E-state index in [1.54, 1.807) is 6.20 Å². The van der Waals surface area contributed by atoms with Gasteiger partial charge in [0, 0.05) is 47.6 Å². The van der Waals surface area contributed by atoms with Crippen molar-refractivity contribution >= 4 is 5.69 Å². The molecule has 3 aromatic rings. The third kappa shape index (κ3) is 3.22. The Hall–Kier alpha value is -2.76. The number of H-pyrrole nitrogens is 1. The molecule has 3 aromatic heterocycles. The van der Waals surface area contributed by atoms with Gasteiger partial charge in [-0.2, -0.15) is 5.10 Å². The average Bonchev–Trinajstić information content (AvgIpc) is 3.00. The summed E-state index contributed by atoms with van der Waals surface area (Å²) in [4.78, 5) is 12.9. The lowest BCUT2D eigenvalue weighted by atomic mass is 10.2. The molecule has 3 rings (SSSR count). The number of anilines is 1. The second kappa shape index (κ2) is 5.70. The lowest BCUT2D eigenvalue weighted by Gasteiger charge is -2.09. The number of hydrogen-bond acceptors (Lipinski definition) is 5. The molecule has 6 heteroatoms. The van der Waals surface area contributed by atoms with Crippen LogP contribution in [0, 0.1) is 13.8 Å². The number of aromatic nitrogens is 5. The Morgan fingerprint density at radius 2 is 1.90 bits per heavy atom. The van der Waals surface area contributed by atoms with Crippen molar-refractivity contribution in [1.29, 1.82) is 0 Å². The molecule has 0 saturated heterocycles. The minimum Gasteiger partial charge on any atom is -0.381 e. The van der Waals surface area contributed by atoms with Crippen LogP contribution in [0.2, 0.25) is 0 Å². The van der Waals surface area contributed by atoms with E-state index in [1.807, 2.05) is 44.6 Å². The summed E-state index contributed by atoms with van der Waals surface area (Å²) < 4.78 is 0.